The van der Waals surface area contributed by atoms with E-state index in [1.807, 2.05) is 13.0 Å². The molecule has 0 rings (SSSR count). The van der Waals surface area contributed by atoms with Gasteiger partial charge < -0.3 is 0 Å². The van der Waals surface area contributed by atoms with E-state index in [4.69, 9.17) is 33.2 Å². The zero-order valence-electron chi connectivity index (χ0n) is 5.91. The molecule has 0 unspecified atom stereocenters. The maximum Gasteiger partial charge on any atom is 0.341 e. The minimum absolute atomic E-state index is 0.766. The van der Waals surface area contributed by atoms with E-state index in [-0.39, 0.29) is 0 Å². The highest BCUT2D eigenvalue weighted by Gasteiger charge is 2.23. The van der Waals surface area contributed by atoms with Crippen molar-refractivity contribution >= 4 is 39.2 Å². The Labute approximate surface area is 77.3 Å². The lowest BCUT2D eigenvalue weighted by atomic mass is 10.3. The molecule has 0 aromatic rings. The highest BCUT2D eigenvalue weighted by molar-refractivity contribution is 7.64. The van der Waals surface area contributed by atoms with Crippen LogP contribution in [0.15, 0.2) is 12.2 Å². The predicted molar refractivity (Wildman–Crippen MR) is 52.2 cm³/mol. The van der Waals surface area contributed by atoms with Crippen LogP contribution >= 0.6 is 33.2 Å². The highest BCUT2D eigenvalue weighted by Crippen LogP contribution is 2.26. The van der Waals surface area contributed by atoms with E-state index >= 15 is 0 Å². The fourth-order valence-electron chi connectivity index (χ4n) is 0.587. The largest absolute Gasteiger partial charge is 0.341 e. The van der Waals surface area contributed by atoms with Crippen LogP contribution in [0.1, 0.15) is 19.8 Å². The lowest BCUT2D eigenvalue weighted by Gasteiger charge is -2.04. The minimum atomic E-state index is -2.32. The molecule has 0 amide bonds. The summed E-state index contributed by atoms with van der Waals surface area (Å²) in [6, 6.07) is -1.56. The Morgan fingerprint density at radius 3 is 2.30 bits per heavy atom. The van der Waals surface area contributed by atoms with E-state index in [1.165, 1.54) is 0 Å². The topological polar surface area (TPSA) is 0 Å². The minimum Gasteiger partial charge on any atom is -0.126 e. The molecule has 0 aliphatic carbocycles. The van der Waals surface area contributed by atoms with Gasteiger partial charge in [0.2, 0.25) is 0 Å². The fourth-order valence-corrected chi connectivity index (χ4v) is 2.39. The predicted octanol–water partition coefficient (Wildman–Crippen LogP) is 4.00. The van der Waals surface area contributed by atoms with Crippen molar-refractivity contribution in [2.75, 3.05) is 0 Å². The number of hydrogen-bond acceptors (Lipinski definition) is 0. The van der Waals surface area contributed by atoms with Gasteiger partial charge in [0.1, 0.15) is 0 Å². The van der Waals surface area contributed by atoms with E-state index in [9.17, 15) is 0 Å². The number of allylic oxidation sites excluding steroid dienone is 2. The summed E-state index contributed by atoms with van der Waals surface area (Å²) in [6.07, 6.45) is 6.12. The molecular weight excluding hydrogens is 207 g/mol. The second kappa shape index (κ2) is 5.47. The third-order valence-electron chi connectivity index (χ3n) is 1.07. The quantitative estimate of drug-likeness (QED) is 0.289. The van der Waals surface area contributed by atoms with Crippen LogP contribution in [-0.4, -0.2) is 6.00 Å². The normalized spacial score (nSPS) is 12.8. The molecule has 0 radical (unpaired) electrons. The van der Waals surface area contributed by atoms with Crippen molar-refractivity contribution in [2.45, 2.75) is 25.8 Å². The van der Waals surface area contributed by atoms with Crippen LogP contribution in [0, 0.1) is 0 Å². The first-order chi connectivity index (χ1) is 4.56. The molecule has 10 heavy (non-hydrogen) atoms. The van der Waals surface area contributed by atoms with Gasteiger partial charge in [-0.25, -0.2) is 0 Å². The Kier molecular flexibility index (Phi) is 5.93. The molecule has 0 aromatic carbocycles. The van der Waals surface area contributed by atoms with Gasteiger partial charge in [0, 0.05) is 0 Å². The lowest BCUT2D eigenvalue weighted by molar-refractivity contribution is 0.948. The van der Waals surface area contributed by atoms with E-state index in [0.717, 1.165) is 18.9 Å². The van der Waals surface area contributed by atoms with Gasteiger partial charge in [-0.05, 0) is 25.8 Å². The standard InChI is InChI=1S/C6H11Cl3Si/c1-2-3-4-5-6-10(7,8)9/h2-3H,4-6H2,1H3/b3-2+. The van der Waals surface area contributed by atoms with E-state index in [1.54, 1.807) is 0 Å². The van der Waals surface area contributed by atoms with Crippen molar-refractivity contribution in [1.29, 1.82) is 0 Å². The molecule has 0 aliphatic heterocycles. The van der Waals surface area contributed by atoms with Crippen LogP contribution < -0.4 is 0 Å². The lowest BCUT2D eigenvalue weighted by Crippen LogP contribution is -2.07. The zero-order chi connectivity index (χ0) is 8.04. The van der Waals surface area contributed by atoms with Crippen molar-refractivity contribution in [2.24, 2.45) is 0 Å². The van der Waals surface area contributed by atoms with Gasteiger partial charge in [-0.1, -0.05) is 12.2 Å². The summed E-state index contributed by atoms with van der Waals surface area (Å²) < 4.78 is 0. The molecule has 0 aromatic heterocycles. The molecule has 0 saturated carbocycles. The molecule has 0 spiro atoms. The SMILES string of the molecule is C/C=C/CCC[Si](Cl)(Cl)Cl. The molecule has 60 valence electrons. The van der Waals surface area contributed by atoms with Gasteiger partial charge in [0.05, 0.1) is 0 Å². The van der Waals surface area contributed by atoms with Crippen LogP contribution in [0.3, 0.4) is 0 Å². The molecule has 4 heteroatoms. The van der Waals surface area contributed by atoms with Gasteiger partial charge in [0.15, 0.2) is 0 Å². The number of rotatable bonds is 4. The first-order valence-electron chi connectivity index (χ1n) is 3.24. The van der Waals surface area contributed by atoms with Crippen LogP contribution in [0.25, 0.3) is 0 Å². The van der Waals surface area contributed by atoms with Gasteiger partial charge >= 0.3 is 6.00 Å². The molecule has 0 bridgehead atoms. The number of halogens is 3. The summed E-state index contributed by atoms with van der Waals surface area (Å²) in [7, 11) is 0. The van der Waals surface area contributed by atoms with E-state index in [2.05, 4.69) is 6.08 Å². The van der Waals surface area contributed by atoms with Gasteiger partial charge in [0.25, 0.3) is 0 Å². The summed E-state index contributed by atoms with van der Waals surface area (Å²) in [4.78, 5) is 0. The Balaban J connectivity index is 3.20. The average Bonchev–Trinajstić information content (AvgIpc) is 1.78. The first kappa shape index (κ1) is 10.8. The monoisotopic (exact) mass is 216 g/mol. The third kappa shape index (κ3) is 8.83. The molecule has 0 atom stereocenters. The van der Waals surface area contributed by atoms with Crippen LogP contribution in [0.5, 0.6) is 0 Å². The average molecular weight is 218 g/mol. The molecule has 0 heterocycles. The van der Waals surface area contributed by atoms with Crippen molar-refractivity contribution in [3.8, 4) is 0 Å². The Bertz CT molecular complexity index is 106. The number of hydrogen-bond donors (Lipinski definition) is 0. The zero-order valence-corrected chi connectivity index (χ0v) is 9.18. The van der Waals surface area contributed by atoms with E-state index < -0.39 is 6.00 Å². The highest BCUT2D eigenvalue weighted by atomic mass is 35.8. The van der Waals surface area contributed by atoms with Crippen molar-refractivity contribution < 1.29 is 0 Å². The summed E-state index contributed by atoms with van der Waals surface area (Å²) in [5.41, 5.74) is 0. The molecular formula is C6H11Cl3Si. The summed E-state index contributed by atoms with van der Waals surface area (Å²) >= 11 is 17.0. The Morgan fingerprint density at radius 2 is 1.90 bits per heavy atom. The summed E-state index contributed by atoms with van der Waals surface area (Å²) in [5.74, 6) is 0. The van der Waals surface area contributed by atoms with Crippen molar-refractivity contribution in [3.63, 3.8) is 0 Å². The smallest absolute Gasteiger partial charge is 0.126 e. The maximum atomic E-state index is 5.66. The molecule has 0 aliphatic rings. The van der Waals surface area contributed by atoms with Crippen molar-refractivity contribution in [3.05, 3.63) is 12.2 Å². The molecule has 0 nitrogen and oxygen atoms in total. The molecule has 0 N–H and O–H groups in total. The maximum absolute atomic E-state index is 5.66. The Hall–Kier alpha value is 0.827. The van der Waals surface area contributed by atoms with Crippen LogP contribution in [0.4, 0.5) is 0 Å². The second-order valence-electron chi connectivity index (χ2n) is 2.08. The van der Waals surface area contributed by atoms with Gasteiger partial charge in [-0.3, -0.25) is 0 Å². The Morgan fingerprint density at radius 1 is 1.30 bits per heavy atom. The summed E-state index contributed by atoms with van der Waals surface area (Å²) in [5, 5.41) is 0. The van der Waals surface area contributed by atoms with Gasteiger partial charge in [-0.2, -0.15) is 0 Å². The molecule has 0 fully saturated rings. The number of unbranched alkanes of at least 4 members (excludes halogenated alkanes) is 1. The molecule has 0 saturated heterocycles. The second-order valence-corrected chi connectivity index (χ2v) is 11.4. The van der Waals surface area contributed by atoms with Crippen LogP contribution in [-0.2, 0) is 0 Å². The third-order valence-corrected chi connectivity index (χ3v) is 3.69. The van der Waals surface area contributed by atoms with E-state index in [0.29, 0.717) is 0 Å². The fraction of sp³-hybridized carbons (Fsp3) is 0.667. The van der Waals surface area contributed by atoms with Crippen LogP contribution in [0.2, 0.25) is 6.04 Å². The van der Waals surface area contributed by atoms with Gasteiger partial charge in [-0.15, -0.1) is 33.2 Å². The van der Waals surface area contributed by atoms with Crippen molar-refractivity contribution in [1.82, 2.24) is 0 Å². The first-order valence-corrected chi connectivity index (χ1v) is 8.48. The summed E-state index contributed by atoms with van der Waals surface area (Å²) in [6.45, 7) is 1.99.